The number of aromatic nitrogens is 1. The molecule has 2 unspecified atom stereocenters. The lowest BCUT2D eigenvalue weighted by atomic mass is 9.98. The molecule has 9 heteroatoms. The van der Waals surface area contributed by atoms with Crippen molar-refractivity contribution < 1.29 is 9.53 Å². The van der Waals surface area contributed by atoms with Crippen molar-refractivity contribution in [2.75, 3.05) is 13.1 Å². The molecule has 3 rings (SSSR count). The number of carbonyl (C=O) groups is 1. The molecule has 2 fully saturated rings. The number of halogens is 1. The van der Waals surface area contributed by atoms with Gasteiger partial charge < -0.3 is 20.3 Å². The van der Waals surface area contributed by atoms with Crippen LogP contribution in [0.4, 0.5) is 4.79 Å². The zero-order valence-corrected chi connectivity index (χ0v) is 22.8. The summed E-state index contributed by atoms with van der Waals surface area (Å²) >= 11 is 1.76. The lowest BCUT2D eigenvalue weighted by molar-refractivity contribution is 0.00545. The Morgan fingerprint density at radius 3 is 2.42 bits per heavy atom. The van der Waals surface area contributed by atoms with E-state index in [1.165, 1.54) is 4.88 Å². The lowest BCUT2D eigenvalue weighted by Crippen LogP contribution is -2.55. The molecule has 2 atom stereocenters. The Morgan fingerprint density at radius 1 is 1.26 bits per heavy atom. The molecule has 7 nitrogen and oxygen atoms in total. The number of guanidine groups is 1. The Balaban J connectivity index is 0.00000341. The van der Waals surface area contributed by atoms with Gasteiger partial charge in [0.15, 0.2) is 5.96 Å². The summed E-state index contributed by atoms with van der Waals surface area (Å²) in [6.45, 7) is 13.5. The largest absolute Gasteiger partial charge is 0.444 e. The molecule has 3 heterocycles. The van der Waals surface area contributed by atoms with Crippen LogP contribution in [0.2, 0.25) is 0 Å². The van der Waals surface area contributed by atoms with Gasteiger partial charge in [-0.3, -0.25) is 4.99 Å². The van der Waals surface area contributed by atoms with E-state index in [1.807, 2.05) is 32.6 Å². The molecule has 2 aliphatic rings. The molecule has 1 amide bonds. The molecule has 2 saturated heterocycles. The highest BCUT2D eigenvalue weighted by molar-refractivity contribution is 14.0. The molecule has 1 aromatic rings. The van der Waals surface area contributed by atoms with E-state index in [1.54, 1.807) is 11.3 Å². The van der Waals surface area contributed by atoms with Crippen LogP contribution in [-0.4, -0.2) is 58.8 Å². The average Bonchev–Trinajstić information content (AvgIpc) is 3.09. The van der Waals surface area contributed by atoms with Crippen molar-refractivity contribution in [3.05, 3.63) is 15.6 Å². The third-order valence-electron chi connectivity index (χ3n) is 5.63. The zero-order chi connectivity index (χ0) is 21.9. The van der Waals surface area contributed by atoms with Crippen molar-refractivity contribution in [1.29, 1.82) is 0 Å². The molecule has 176 valence electrons. The molecule has 2 aliphatic heterocycles. The molecular formula is C22H38IN5O2S. The number of aryl methyl sites for hydroxylation is 2. The molecule has 2 bridgehead atoms. The fraction of sp³-hybridized carbons (Fsp3) is 0.773. The predicted octanol–water partition coefficient (Wildman–Crippen LogP) is 4.41. The minimum absolute atomic E-state index is 0. The van der Waals surface area contributed by atoms with Gasteiger partial charge in [-0.2, -0.15) is 0 Å². The minimum Gasteiger partial charge on any atom is -0.444 e. The van der Waals surface area contributed by atoms with Gasteiger partial charge in [-0.1, -0.05) is 0 Å². The highest BCUT2D eigenvalue weighted by atomic mass is 127. The van der Waals surface area contributed by atoms with E-state index in [2.05, 4.69) is 29.5 Å². The minimum atomic E-state index is -0.453. The topological polar surface area (TPSA) is 78.9 Å². The number of carbonyl (C=O) groups excluding carboxylic acids is 1. The lowest BCUT2D eigenvalue weighted by Gasteiger charge is -2.40. The predicted molar refractivity (Wildman–Crippen MR) is 138 cm³/mol. The van der Waals surface area contributed by atoms with Crippen LogP contribution in [-0.2, 0) is 11.2 Å². The van der Waals surface area contributed by atoms with Gasteiger partial charge in [0.2, 0.25) is 0 Å². The van der Waals surface area contributed by atoms with E-state index in [0.717, 1.165) is 61.9 Å². The average molecular weight is 564 g/mol. The van der Waals surface area contributed by atoms with Crippen LogP contribution in [0.15, 0.2) is 4.99 Å². The first-order valence-electron chi connectivity index (χ1n) is 11.2. The Kier molecular flexibility index (Phi) is 9.41. The number of amides is 1. The number of rotatable bonds is 5. The Labute approximate surface area is 207 Å². The van der Waals surface area contributed by atoms with Crippen molar-refractivity contribution in [3.8, 4) is 0 Å². The smallest absolute Gasteiger partial charge is 0.410 e. The van der Waals surface area contributed by atoms with Gasteiger partial charge in [0.1, 0.15) is 5.60 Å². The zero-order valence-electron chi connectivity index (χ0n) is 19.7. The number of nitrogens with one attached hydrogen (secondary N) is 2. The molecule has 31 heavy (non-hydrogen) atoms. The van der Waals surface area contributed by atoms with Gasteiger partial charge in [0.25, 0.3) is 0 Å². The summed E-state index contributed by atoms with van der Waals surface area (Å²) in [5.41, 5.74) is 0.669. The highest BCUT2D eigenvalue weighted by Gasteiger charge is 2.45. The van der Waals surface area contributed by atoms with E-state index >= 15 is 0 Å². The first kappa shape index (κ1) is 26.2. The van der Waals surface area contributed by atoms with Crippen LogP contribution >= 0.6 is 35.3 Å². The number of hydrogen-bond acceptors (Lipinski definition) is 5. The van der Waals surface area contributed by atoms with Gasteiger partial charge in [0, 0.05) is 42.5 Å². The van der Waals surface area contributed by atoms with Crippen molar-refractivity contribution in [3.63, 3.8) is 0 Å². The molecule has 0 saturated carbocycles. The number of fused-ring (bicyclic) bond motifs is 2. The molecule has 0 aromatic carbocycles. The number of nitrogens with zero attached hydrogens (tertiary/aromatic N) is 3. The third kappa shape index (κ3) is 7.20. The standard InChI is InChI=1S/C22H37N5O2S.HI/c1-7-23-20(24-11-10-19-14(2)25-15(3)30-19)26-16-12-17-8-9-18(13-16)27(17)21(28)29-22(4,5)6;/h16-18H,7-13H2,1-6H3,(H2,23,24,26);1H. The maximum absolute atomic E-state index is 12.7. The molecule has 0 spiro atoms. The van der Waals surface area contributed by atoms with Crippen LogP contribution < -0.4 is 10.6 Å². The van der Waals surface area contributed by atoms with Crippen molar-refractivity contribution >= 4 is 47.4 Å². The van der Waals surface area contributed by atoms with Crippen LogP contribution in [0.5, 0.6) is 0 Å². The van der Waals surface area contributed by atoms with Gasteiger partial charge >= 0.3 is 6.09 Å². The van der Waals surface area contributed by atoms with Gasteiger partial charge in [-0.15, -0.1) is 35.3 Å². The van der Waals surface area contributed by atoms with Crippen LogP contribution in [0.25, 0.3) is 0 Å². The van der Waals surface area contributed by atoms with Crippen LogP contribution in [0.3, 0.4) is 0 Å². The maximum Gasteiger partial charge on any atom is 0.410 e. The SMILES string of the molecule is CCNC(=NCCc1sc(C)nc1C)NC1CC2CCC(C1)N2C(=O)OC(C)(C)C.I. The van der Waals surface area contributed by atoms with E-state index in [0.29, 0.717) is 6.04 Å². The van der Waals surface area contributed by atoms with Crippen molar-refractivity contribution in [1.82, 2.24) is 20.5 Å². The summed E-state index contributed by atoms with van der Waals surface area (Å²) in [6.07, 6.45) is 4.74. The number of aliphatic imine (C=N–C) groups is 1. The number of thiazole rings is 1. The third-order valence-corrected chi connectivity index (χ3v) is 6.76. The summed E-state index contributed by atoms with van der Waals surface area (Å²) in [4.78, 5) is 25.3. The summed E-state index contributed by atoms with van der Waals surface area (Å²) in [6, 6.07) is 0.829. The monoisotopic (exact) mass is 563 g/mol. The molecular weight excluding hydrogens is 525 g/mol. The van der Waals surface area contributed by atoms with Crippen LogP contribution in [0, 0.1) is 13.8 Å². The van der Waals surface area contributed by atoms with E-state index in [-0.39, 0.29) is 42.2 Å². The first-order chi connectivity index (χ1) is 14.2. The summed E-state index contributed by atoms with van der Waals surface area (Å²) in [7, 11) is 0. The second kappa shape index (κ2) is 11.2. The van der Waals surface area contributed by atoms with Gasteiger partial charge in [0.05, 0.1) is 10.7 Å². The summed E-state index contributed by atoms with van der Waals surface area (Å²) in [5, 5.41) is 8.11. The maximum atomic E-state index is 12.7. The molecule has 1 aromatic heterocycles. The Morgan fingerprint density at radius 2 is 1.90 bits per heavy atom. The molecule has 2 N–H and O–H groups in total. The normalized spacial score (nSPS) is 23.4. The summed E-state index contributed by atoms with van der Waals surface area (Å²) < 4.78 is 5.65. The van der Waals surface area contributed by atoms with Crippen molar-refractivity contribution in [2.24, 2.45) is 4.99 Å². The second-order valence-electron chi connectivity index (χ2n) is 9.34. The number of piperidine rings is 1. The van der Waals surface area contributed by atoms with E-state index in [9.17, 15) is 4.79 Å². The Hall–Kier alpha value is -1.10. The van der Waals surface area contributed by atoms with Gasteiger partial charge in [-0.25, -0.2) is 9.78 Å². The van der Waals surface area contributed by atoms with Crippen LogP contribution in [0.1, 0.15) is 69.0 Å². The first-order valence-corrected chi connectivity index (χ1v) is 12.0. The van der Waals surface area contributed by atoms with Gasteiger partial charge in [-0.05, 0) is 67.2 Å². The van der Waals surface area contributed by atoms with E-state index < -0.39 is 5.60 Å². The van der Waals surface area contributed by atoms with E-state index in [4.69, 9.17) is 9.73 Å². The van der Waals surface area contributed by atoms with Crippen molar-refractivity contribution in [2.45, 2.75) is 97.4 Å². The summed E-state index contributed by atoms with van der Waals surface area (Å²) in [5.74, 6) is 0.867. The quantitative estimate of drug-likeness (QED) is 0.316. The molecule has 0 radical (unpaired) electrons. The Bertz CT molecular complexity index is 762. The number of hydrogen-bond donors (Lipinski definition) is 2. The fourth-order valence-corrected chi connectivity index (χ4v) is 5.42. The molecule has 0 aliphatic carbocycles. The fourth-order valence-electron chi connectivity index (χ4n) is 4.50. The highest BCUT2D eigenvalue weighted by Crippen LogP contribution is 2.36. The second-order valence-corrected chi connectivity index (χ2v) is 10.6. The number of ether oxygens (including phenoxy) is 1.